The van der Waals surface area contributed by atoms with Gasteiger partial charge in [-0.1, -0.05) is 18.2 Å². The number of carbonyl (C=O) groups is 1. The van der Waals surface area contributed by atoms with Gasteiger partial charge in [-0.05, 0) is 35.6 Å². The van der Waals surface area contributed by atoms with E-state index in [-0.39, 0.29) is 12.1 Å². The smallest absolute Gasteiger partial charge is 0.338 e. The van der Waals surface area contributed by atoms with E-state index >= 15 is 0 Å². The Morgan fingerprint density at radius 3 is 2.88 bits per heavy atom. The van der Waals surface area contributed by atoms with Crippen molar-refractivity contribution in [2.45, 2.75) is 13.0 Å². The Labute approximate surface area is 147 Å². The quantitative estimate of drug-likeness (QED) is 0.883. The molecule has 0 spiro atoms. The number of ether oxygens (including phenoxy) is 2. The second kappa shape index (κ2) is 7.35. The summed E-state index contributed by atoms with van der Waals surface area (Å²) in [7, 11) is 3.11. The fraction of sp³-hybridized carbons (Fsp3) is 0.235. The van der Waals surface area contributed by atoms with Crippen molar-refractivity contribution in [2.75, 3.05) is 14.2 Å². The molecule has 0 fully saturated rings. The van der Waals surface area contributed by atoms with E-state index in [0.717, 1.165) is 21.1 Å². The summed E-state index contributed by atoms with van der Waals surface area (Å²) in [5.74, 6) is 1.19. The number of methoxy groups -OCH3 is 2. The van der Waals surface area contributed by atoms with Gasteiger partial charge in [0.05, 0.1) is 19.4 Å². The van der Waals surface area contributed by atoms with Crippen LogP contribution in [0.5, 0.6) is 11.5 Å². The van der Waals surface area contributed by atoms with Crippen molar-refractivity contribution < 1.29 is 14.3 Å². The Morgan fingerprint density at radius 2 is 2.12 bits per heavy atom. The van der Waals surface area contributed by atoms with Crippen LogP contribution in [-0.4, -0.2) is 24.2 Å². The molecule has 130 valence electrons. The highest BCUT2D eigenvalue weighted by Crippen LogP contribution is 2.27. The first-order valence-corrected chi connectivity index (χ1v) is 8.36. The van der Waals surface area contributed by atoms with E-state index in [1.165, 1.54) is 0 Å². The van der Waals surface area contributed by atoms with Gasteiger partial charge in [0.1, 0.15) is 4.67 Å². The molecule has 2 aromatic rings. The zero-order valence-corrected chi connectivity index (χ0v) is 14.6. The highest BCUT2D eigenvalue weighted by Gasteiger charge is 2.13. The summed E-state index contributed by atoms with van der Waals surface area (Å²) in [5.41, 5.74) is 0.480. The molecule has 3 rings (SSSR count). The summed E-state index contributed by atoms with van der Waals surface area (Å²) < 4.78 is 12.1. The molecule has 0 aliphatic carbocycles. The molecule has 1 aliphatic rings. The summed E-state index contributed by atoms with van der Waals surface area (Å²) in [6.07, 6.45) is 5.90. The molecule has 0 saturated heterocycles. The topological polar surface area (TPSA) is 81.9 Å². The van der Waals surface area contributed by atoms with Crippen molar-refractivity contribution in [3.8, 4) is 11.5 Å². The van der Waals surface area contributed by atoms with Gasteiger partial charge in [0, 0.05) is 12.7 Å². The number of rotatable bonds is 4. The molecular weight excluding hydrogens is 342 g/mol. The third kappa shape index (κ3) is 3.48. The van der Waals surface area contributed by atoms with Gasteiger partial charge in [0.15, 0.2) is 11.5 Å². The number of fused-ring (bicyclic) bond motifs is 1. The molecule has 8 heteroatoms. The Hall–Kier alpha value is -2.87. The number of hydrogen-bond acceptors (Lipinski definition) is 6. The van der Waals surface area contributed by atoms with Crippen LogP contribution < -0.4 is 30.2 Å². The van der Waals surface area contributed by atoms with E-state index in [1.807, 2.05) is 12.1 Å². The first kappa shape index (κ1) is 17.0. The normalized spacial score (nSPS) is 12.4. The van der Waals surface area contributed by atoms with Crippen LogP contribution in [0.15, 0.2) is 40.3 Å². The first-order valence-electron chi connectivity index (χ1n) is 7.58. The van der Waals surface area contributed by atoms with Crippen LogP contribution in [0.2, 0.25) is 0 Å². The first-order chi connectivity index (χ1) is 12.1. The van der Waals surface area contributed by atoms with Crippen LogP contribution in [0.1, 0.15) is 12.0 Å². The van der Waals surface area contributed by atoms with Gasteiger partial charge < -0.3 is 14.8 Å². The molecule has 0 saturated carbocycles. The average Bonchev–Trinajstić information content (AvgIpc) is 2.81. The fourth-order valence-electron chi connectivity index (χ4n) is 2.39. The van der Waals surface area contributed by atoms with E-state index in [9.17, 15) is 9.59 Å². The van der Waals surface area contributed by atoms with E-state index in [0.29, 0.717) is 27.8 Å². The van der Waals surface area contributed by atoms with Gasteiger partial charge >= 0.3 is 6.03 Å². The number of nitrogens with one attached hydrogen (secondary N) is 1. The van der Waals surface area contributed by atoms with Crippen molar-refractivity contribution in [1.29, 1.82) is 0 Å². The van der Waals surface area contributed by atoms with Gasteiger partial charge in [0.2, 0.25) is 0 Å². The van der Waals surface area contributed by atoms with E-state index < -0.39 is 6.03 Å². The van der Waals surface area contributed by atoms with Crippen LogP contribution >= 0.6 is 11.5 Å². The zero-order chi connectivity index (χ0) is 17.8. The van der Waals surface area contributed by atoms with Crippen molar-refractivity contribution in [1.82, 2.24) is 9.27 Å². The van der Waals surface area contributed by atoms with Crippen LogP contribution in [0.3, 0.4) is 0 Å². The zero-order valence-electron chi connectivity index (χ0n) is 13.8. The van der Waals surface area contributed by atoms with Crippen LogP contribution in [0.25, 0.3) is 6.08 Å². The fourth-order valence-corrected chi connectivity index (χ4v) is 3.27. The van der Waals surface area contributed by atoms with Gasteiger partial charge in [-0.3, -0.25) is 4.79 Å². The molecule has 1 aromatic heterocycles. The van der Waals surface area contributed by atoms with E-state index in [1.54, 1.807) is 38.6 Å². The molecule has 1 N–H and O–H groups in total. The van der Waals surface area contributed by atoms with Crippen LogP contribution in [0, 0.1) is 0 Å². The number of amides is 1. The van der Waals surface area contributed by atoms with Crippen molar-refractivity contribution >= 4 is 23.6 Å². The number of aromatic nitrogens is 1. The molecule has 25 heavy (non-hydrogen) atoms. The number of carbonyl (C=O) groups excluding carboxylic acids is 1. The predicted octanol–water partition coefficient (Wildman–Crippen LogP) is 1.00. The molecule has 0 bridgehead atoms. The minimum Gasteiger partial charge on any atom is -0.493 e. The van der Waals surface area contributed by atoms with Crippen LogP contribution in [0.4, 0.5) is 4.79 Å². The Bertz CT molecular complexity index is 1000. The highest BCUT2D eigenvalue weighted by atomic mass is 32.1. The van der Waals surface area contributed by atoms with E-state index in [4.69, 9.17) is 9.47 Å². The van der Waals surface area contributed by atoms with Gasteiger partial charge in [-0.15, -0.1) is 0 Å². The molecule has 1 amide bonds. The lowest BCUT2D eigenvalue weighted by Gasteiger charge is -2.10. The van der Waals surface area contributed by atoms with Gasteiger partial charge in [-0.25, -0.2) is 9.79 Å². The number of benzene rings is 1. The standard InChI is InChI=1S/C17H17N3O4S/c1-23-13-7-6-11(9-14(13)24-2)10-19-17(22)20-16(21)12-5-3-4-8-18-15(12)25-20/h4-9H,3,10H2,1-2H3,(H,19,22). The summed E-state index contributed by atoms with van der Waals surface area (Å²) in [5, 5.41) is 3.20. The van der Waals surface area contributed by atoms with Gasteiger partial charge in [0.25, 0.3) is 5.56 Å². The van der Waals surface area contributed by atoms with Crippen LogP contribution in [-0.2, 0) is 6.54 Å². The maximum absolute atomic E-state index is 12.4. The van der Waals surface area contributed by atoms with Crippen molar-refractivity contribution in [2.24, 2.45) is 4.99 Å². The average molecular weight is 359 g/mol. The minimum absolute atomic E-state index is 0.259. The number of nitrogens with zero attached hydrogens (tertiary/aromatic N) is 2. The maximum Gasteiger partial charge on any atom is 0.338 e. The lowest BCUT2D eigenvalue weighted by molar-refractivity contribution is 0.243. The maximum atomic E-state index is 12.4. The monoisotopic (exact) mass is 359 g/mol. The van der Waals surface area contributed by atoms with Gasteiger partial charge in [-0.2, -0.15) is 3.96 Å². The molecule has 2 heterocycles. The summed E-state index contributed by atoms with van der Waals surface area (Å²) in [6.45, 7) is 0.259. The molecular formula is C17H17N3O4S. The third-order valence-electron chi connectivity index (χ3n) is 3.65. The lowest BCUT2D eigenvalue weighted by atomic mass is 10.2. The predicted molar refractivity (Wildman–Crippen MR) is 94.8 cm³/mol. The highest BCUT2D eigenvalue weighted by molar-refractivity contribution is 7.04. The third-order valence-corrected chi connectivity index (χ3v) is 4.67. The second-order valence-corrected chi connectivity index (χ2v) is 6.15. The van der Waals surface area contributed by atoms with E-state index in [2.05, 4.69) is 10.3 Å². The van der Waals surface area contributed by atoms with Crippen molar-refractivity contribution in [3.63, 3.8) is 0 Å². The van der Waals surface area contributed by atoms with Crippen molar-refractivity contribution in [3.05, 3.63) is 56.3 Å². The molecule has 0 radical (unpaired) electrons. The minimum atomic E-state index is -0.481. The number of allylic oxidation sites excluding steroid dienone is 1. The molecule has 1 aliphatic heterocycles. The largest absolute Gasteiger partial charge is 0.493 e. The molecule has 0 atom stereocenters. The second-order valence-electron chi connectivity index (χ2n) is 5.21. The number of hydrogen-bond donors (Lipinski definition) is 1. The Kier molecular flexibility index (Phi) is 4.99. The molecule has 1 aromatic carbocycles. The summed E-state index contributed by atoms with van der Waals surface area (Å²) >= 11 is 1.03. The SMILES string of the molecule is COc1ccc(CNC(=O)n2sc3c(c2=O)=CCC=CN=3)cc1OC. The Morgan fingerprint density at radius 1 is 1.32 bits per heavy atom. The molecule has 7 nitrogen and oxygen atoms in total. The summed E-state index contributed by atoms with van der Waals surface area (Å²) in [6, 6.07) is 4.88. The summed E-state index contributed by atoms with van der Waals surface area (Å²) in [4.78, 5) is 28.9. The molecule has 0 unspecified atom stereocenters. The Balaban J connectivity index is 1.79. The lowest BCUT2D eigenvalue weighted by Crippen LogP contribution is -2.39.